The van der Waals surface area contributed by atoms with Crippen LogP contribution in [-0.2, 0) is 4.74 Å². The van der Waals surface area contributed by atoms with Crippen LogP contribution in [0.5, 0.6) is 0 Å². The van der Waals surface area contributed by atoms with Crippen molar-refractivity contribution >= 4 is 0 Å². The standard InChI is InChI=1S/C4H11NO2/c1-7-4(6)2-3-5/h4,6H,2-3,5H2,1H3. The molecule has 0 spiro atoms. The molecule has 0 amide bonds. The van der Waals surface area contributed by atoms with Crippen LogP contribution in [-0.4, -0.2) is 25.1 Å². The SMILES string of the molecule is COC(O)CCN. The molecule has 1 atom stereocenters. The van der Waals surface area contributed by atoms with Crippen molar-refractivity contribution in [3.05, 3.63) is 0 Å². The molecule has 3 N–H and O–H groups in total. The van der Waals surface area contributed by atoms with Crippen molar-refractivity contribution in [3.8, 4) is 0 Å². The fourth-order valence-corrected chi connectivity index (χ4v) is 0.260. The fraction of sp³-hybridized carbons (Fsp3) is 1.00. The smallest absolute Gasteiger partial charge is 0.155 e. The summed E-state index contributed by atoms with van der Waals surface area (Å²) in [6.07, 6.45) is -0.166. The molecule has 0 heterocycles. The molecule has 0 fully saturated rings. The second-order valence-electron chi connectivity index (χ2n) is 1.27. The van der Waals surface area contributed by atoms with Crippen LogP contribution in [0.3, 0.4) is 0 Å². The average molecular weight is 105 g/mol. The Hall–Kier alpha value is -0.120. The first-order valence-electron chi connectivity index (χ1n) is 2.22. The molecule has 3 nitrogen and oxygen atoms in total. The van der Waals surface area contributed by atoms with Gasteiger partial charge in [0.25, 0.3) is 0 Å². The van der Waals surface area contributed by atoms with Gasteiger partial charge in [0.15, 0.2) is 6.29 Å². The highest BCUT2D eigenvalue weighted by molar-refractivity contribution is 4.38. The molecule has 0 aromatic heterocycles. The number of nitrogens with two attached hydrogens (primary N) is 1. The lowest BCUT2D eigenvalue weighted by Gasteiger charge is -2.03. The summed E-state index contributed by atoms with van der Waals surface area (Å²) in [4.78, 5) is 0. The summed E-state index contributed by atoms with van der Waals surface area (Å²) in [7, 11) is 1.44. The summed E-state index contributed by atoms with van der Waals surface area (Å²) in [5, 5.41) is 8.56. The van der Waals surface area contributed by atoms with Crippen molar-refractivity contribution in [2.24, 2.45) is 5.73 Å². The van der Waals surface area contributed by atoms with Gasteiger partial charge in [0, 0.05) is 13.5 Å². The average Bonchev–Trinajstić information content (AvgIpc) is 1.68. The second kappa shape index (κ2) is 4.05. The fourth-order valence-electron chi connectivity index (χ4n) is 0.260. The van der Waals surface area contributed by atoms with E-state index in [1.165, 1.54) is 7.11 Å². The van der Waals surface area contributed by atoms with Crippen molar-refractivity contribution in [2.75, 3.05) is 13.7 Å². The van der Waals surface area contributed by atoms with Gasteiger partial charge in [-0.2, -0.15) is 0 Å². The van der Waals surface area contributed by atoms with E-state index in [2.05, 4.69) is 4.74 Å². The van der Waals surface area contributed by atoms with Crippen molar-refractivity contribution in [2.45, 2.75) is 12.7 Å². The van der Waals surface area contributed by atoms with Crippen LogP contribution < -0.4 is 5.73 Å². The summed E-state index contributed by atoms with van der Waals surface area (Å²) >= 11 is 0. The van der Waals surface area contributed by atoms with E-state index in [0.29, 0.717) is 13.0 Å². The molecule has 0 aliphatic rings. The molecule has 0 rings (SSSR count). The normalized spacial score (nSPS) is 14.1. The molecule has 0 saturated carbocycles. The predicted molar refractivity (Wildman–Crippen MR) is 26.7 cm³/mol. The van der Waals surface area contributed by atoms with E-state index >= 15 is 0 Å². The van der Waals surface area contributed by atoms with Crippen molar-refractivity contribution in [3.63, 3.8) is 0 Å². The summed E-state index contributed by atoms with van der Waals surface area (Å²) in [5.74, 6) is 0. The van der Waals surface area contributed by atoms with Crippen molar-refractivity contribution < 1.29 is 9.84 Å². The van der Waals surface area contributed by atoms with Gasteiger partial charge in [-0.25, -0.2) is 0 Å². The highest BCUT2D eigenvalue weighted by atomic mass is 16.6. The molecule has 0 aromatic rings. The van der Waals surface area contributed by atoms with Gasteiger partial charge >= 0.3 is 0 Å². The van der Waals surface area contributed by atoms with E-state index in [4.69, 9.17) is 10.8 Å². The van der Waals surface area contributed by atoms with Gasteiger partial charge in [-0.15, -0.1) is 0 Å². The predicted octanol–water partition coefficient (Wildman–Crippen LogP) is -0.700. The molecule has 44 valence electrons. The Morgan fingerprint density at radius 3 is 2.57 bits per heavy atom. The molecule has 3 heteroatoms. The van der Waals surface area contributed by atoms with Gasteiger partial charge in [-0.3, -0.25) is 0 Å². The Morgan fingerprint density at radius 1 is 1.86 bits per heavy atom. The topological polar surface area (TPSA) is 55.5 Å². The molecule has 0 bridgehead atoms. The molecule has 0 saturated heterocycles. The van der Waals surface area contributed by atoms with Gasteiger partial charge in [0.1, 0.15) is 0 Å². The highest BCUT2D eigenvalue weighted by Crippen LogP contribution is 1.85. The van der Waals surface area contributed by atoms with Gasteiger partial charge in [-0.1, -0.05) is 0 Å². The molecule has 1 unspecified atom stereocenters. The third-order valence-electron chi connectivity index (χ3n) is 0.686. The minimum Gasteiger partial charge on any atom is -0.368 e. The van der Waals surface area contributed by atoms with Crippen LogP contribution in [0.2, 0.25) is 0 Å². The highest BCUT2D eigenvalue weighted by Gasteiger charge is 1.94. The summed E-state index contributed by atoms with van der Waals surface area (Å²) < 4.78 is 4.47. The van der Waals surface area contributed by atoms with Crippen molar-refractivity contribution in [1.29, 1.82) is 0 Å². The minimum atomic E-state index is -0.676. The minimum absolute atomic E-state index is 0.467. The second-order valence-corrected chi connectivity index (χ2v) is 1.27. The maximum absolute atomic E-state index is 8.56. The lowest BCUT2D eigenvalue weighted by Crippen LogP contribution is -2.14. The first-order valence-corrected chi connectivity index (χ1v) is 2.22. The molecular weight excluding hydrogens is 94.0 g/mol. The van der Waals surface area contributed by atoms with Gasteiger partial charge < -0.3 is 15.6 Å². The molecule has 0 aliphatic heterocycles. The van der Waals surface area contributed by atoms with Crippen LogP contribution in [0.25, 0.3) is 0 Å². The molecular formula is C4H11NO2. The first-order chi connectivity index (χ1) is 3.31. The molecule has 0 aromatic carbocycles. The molecule has 0 aliphatic carbocycles. The lowest BCUT2D eigenvalue weighted by molar-refractivity contribution is -0.0762. The van der Waals surface area contributed by atoms with Crippen LogP contribution in [0.15, 0.2) is 0 Å². The third kappa shape index (κ3) is 3.72. The Morgan fingerprint density at radius 2 is 2.43 bits per heavy atom. The summed E-state index contributed by atoms with van der Waals surface area (Å²) in [6.45, 7) is 0.467. The molecule has 7 heavy (non-hydrogen) atoms. The summed E-state index contributed by atoms with van der Waals surface area (Å²) in [6, 6.07) is 0. The van der Waals surface area contributed by atoms with Crippen LogP contribution in [0, 0.1) is 0 Å². The summed E-state index contributed by atoms with van der Waals surface area (Å²) in [5.41, 5.74) is 5.06. The largest absolute Gasteiger partial charge is 0.368 e. The van der Waals surface area contributed by atoms with E-state index in [9.17, 15) is 0 Å². The van der Waals surface area contributed by atoms with E-state index in [1.807, 2.05) is 0 Å². The first kappa shape index (κ1) is 6.88. The number of hydrogen-bond acceptors (Lipinski definition) is 3. The number of rotatable bonds is 3. The zero-order valence-electron chi connectivity index (χ0n) is 4.42. The zero-order valence-corrected chi connectivity index (χ0v) is 4.42. The Labute approximate surface area is 43.1 Å². The number of methoxy groups -OCH3 is 1. The maximum Gasteiger partial charge on any atom is 0.155 e. The maximum atomic E-state index is 8.56. The number of aliphatic hydroxyl groups is 1. The molecule has 0 radical (unpaired) electrons. The number of aliphatic hydroxyl groups excluding tert-OH is 1. The Bertz CT molecular complexity index is 40.7. The van der Waals surface area contributed by atoms with Crippen LogP contribution in [0.1, 0.15) is 6.42 Å². The van der Waals surface area contributed by atoms with E-state index in [-0.39, 0.29) is 0 Å². The quantitative estimate of drug-likeness (QED) is 0.467. The number of hydrogen-bond donors (Lipinski definition) is 2. The Balaban J connectivity index is 2.83. The number of ether oxygens (including phenoxy) is 1. The van der Waals surface area contributed by atoms with Gasteiger partial charge in [0.2, 0.25) is 0 Å². The van der Waals surface area contributed by atoms with Crippen LogP contribution in [0.4, 0.5) is 0 Å². The van der Waals surface area contributed by atoms with E-state index in [0.717, 1.165) is 0 Å². The van der Waals surface area contributed by atoms with Crippen LogP contribution >= 0.6 is 0 Å². The monoisotopic (exact) mass is 105 g/mol. The lowest BCUT2D eigenvalue weighted by atomic mass is 10.4. The zero-order chi connectivity index (χ0) is 5.70. The van der Waals surface area contributed by atoms with Crippen molar-refractivity contribution in [1.82, 2.24) is 0 Å². The Kier molecular flexibility index (Phi) is 3.98. The van der Waals surface area contributed by atoms with E-state index in [1.54, 1.807) is 0 Å². The third-order valence-corrected chi connectivity index (χ3v) is 0.686. The van der Waals surface area contributed by atoms with Gasteiger partial charge in [-0.05, 0) is 6.54 Å². The van der Waals surface area contributed by atoms with E-state index < -0.39 is 6.29 Å². The van der Waals surface area contributed by atoms with Gasteiger partial charge in [0.05, 0.1) is 0 Å².